The molecule has 3 heterocycles. The standard InChI is InChI=1S/C19H19FN2O3/c1-11(12-4-2-5-13(20)10-12)16-14-6-3-8-21(14)19(25)17-18(24)15(23)7-9-22(16)17/h2,4-5,7,9-11,14,16,24H,3,6,8H2,1H3/t11-,14-,16+/m1/s1. The van der Waals surface area contributed by atoms with E-state index in [2.05, 4.69) is 0 Å². The Bertz CT molecular complexity index is 908. The van der Waals surface area contributed by atoms with Crippen molar-refractivity contribution in [2.24, 2.45) is 0 Å². The van der Waals surface area contributed by atoms with Crippen LogP contribution in [0, 0.1) is 5.82 Å². The number of benzene rings is 1. The van der Waals surface area contributed by atoms with Gasteiger partial charge in [0.15, 0.2) is 11.4 Å². The van der Waals surface area contributed by atoms with Gasteiger partial charge in [0.05, 0.1) is 12.1 Å². The molecule has 1 amide bonds. The number of fused-ring (bicyclic) bond motifs is 2. The van der Waals surface area contributed by atoms with Gasteiger partial charge in [-0.1, -0.05) is 19.1 Å². The first-order valence-corrected chi connectivity index (χ1v) is 8.49. The van der Waals surface area contributed by atoms with Gasteiger partial charge in [0.1, 0.15) is 5.82 Å². The number of hydrogen-bond donors (Lipinski definition) is 1. The summed E-state index contributed by atoms with van der Waals surface area (Å²) in [6, 6.07) is 7.53. The number of aromatic hydroxyl groups is 1. The lowest BCUT2D eigenvalue weighted by molar-refractivity contribution is 0.0582. The zero-order chi connectivity index (χ0) is 17.7. The Hall–Kier alpha value is -2.63. The van der Waals surface area contributed by atoms with Crippen molar-refractivity contribution in [2.75, 3.05) is 6.54 Å². The van der Waals surface area contributed by atoms with E-state index in [0.717, 1.165) is 18.4 Å². The third-order valence-corrected chi connectivity index (χ3v) is 5.47. The van der Waals surface area contributed by atoms with Crippen LogP contribution in [0.25, 0.3) is 0 Å². The van der Waals surface area contributed by atoms with E-state index in [4.69, 9.17) is 0 Å². The van der Waals surface area contributed by atoms with Crippen molar-refractivity contribution in [3.05, 3.63) is 63.8 Å². The lowest BCUT2D eigenvalue weighted by Gasteiger charge is -2.42. The smallest absolute Gasteiger partial charge is 0.274 e. The predicted octanol–water partition coefficient (Wildman–Crippen LogP) is 2.66. The monoisotopic (exact) mass is 342 g/mol. The molecule has 2 aliphatic heterocycles. The molecule has 0 unspecified atom stereocenters. The normalized spacial score (nSPS) is 23.3. The Labute approximate surface area is 144 Å². The quantitative estimate of drug-likeness (QED) is 0.913. The molecule has 0 radical (unpaired) electrons. The molecule has 3 atom stereocenters. The van der Waals surface area contributed by atoms with E-state index in [1.54, 1.807) is 21.7 Å². The van der Waals surface area contributed by atoms with Gasteiger partial charge in [0.2, 0.25) is 5.43 Å². The molecule has 130 valence electrons. The number of aromatic nitrogens is 1. The molecule has 6 heteroatoms. The van der Waals surface area contributed by atoms with E-state index in [0.29, 0.717) is 6.54 Å². The number of nitrogens with zero attached hydrogens (tertiary/aromatic N) is 2. The van der Waals surface area contributed by atoms with E-state index in [9.17, 15) is 19.1 Å². The summed E-state index contributed by atoms with van der Waals surface area (Å²) in [5, 5.41) is 10.2. The summed E-state index contributed by atoms with van der Waals surface area (Å²) >= 11 is 0. The van der Waals surface area contributed by atoms with Crippen molar-refractivity contribution in [1.82, 2.24) is 9.47 Å². The largest absolute Gasteiger partial charge is 0.503 e. The number of carbonyl (C=O) groups is 1. The van der Waals surface area contributed by atoms with Crippen molar-refractivity contribution in [1.29, 1.82) is 0 Å². The minimum Gasteiger partial charge on any atom is -0.503 e. The van der Waals surface area contributed by atoms with Crippen LogP contribution >= 0.6 is 0 Å². The second kappa shape index (κ2) is 5.72. The molecule has 2 aliphatic rings. The molecule has 5 nitrogen and oxygen atoms in total. The summed E-state index contributed by atoms with van der Waals surface area (Å²) < 4.78 is 15.4. The molecule has 1 saturated heterocycles. The topological polar surface area (TPSA) is 62.5 Å². The number of amides is 1. The van der Waals surface area contributed by atoms with E-state index >= 15 is 0 Å². The number of carbonyl (C=O) groups excluding carboxylic acids is 1. The summed E-state index contributed by atoms with van der Waals surface area (Å²) in [5.74, 6) is -1.20. The average molecular weight is 342 g/mol. The van der Waals surface area contributed by atoms with Crippen molar-refractivity contribution < 1.29 is 14.3 Å². The van der Waals surface area contributed by atoms with Gasteiger partial charge >= 0.3 is 0 Å². The average Bonchev–Trinajstić information content (AvgIpc) is 3.07. The summed E-state index contributed by atoms with van der Waals surface area (Å²) in [6.45, 7) is 2.60. The fourth-order valence-electron chi connectivity index (χ4n) is 4.28. The second-order valence-corrected chi connectivity index (χ2v) is 6.83. The van der Waals surface area contributed by atoms with Gasteiger partial charge in [-0.15, -0.1) is 0 Å². The number of rotatable bonds is 2. The molecular formula is C19H19FN2O3. The van der Waals surface area contributed by atoms with Gasteiger partial charge in [-0.2, -0.15) is 0 Å². The zero-order valence-corrected chi connectivity index (χ0v) is 13.9. The van der Waals surface area contributed by atoms with Crippen LogP contribution in [-0.2, 0) is 0 Å². The first-order valence-electron chi connectivity index (χ1n) is 8.49. The van der Waals surface area contributed by atoms with Crippen LogP contribution in [0.5, 0.6) is 5.75 Å². The fraction of sp³-hybridized carbons (Fsp3) is 0.368. The van der Waals surface area contributed by atoms with E-state index < -0.39 is 11.2 Å². The highest BCUT2D eigenvalue weighted by Crippen LogP contribution is 2.43. The SMILES string of the molecule is C[C@H](c1cccc(F)c1)[C@H]1[C@H]2CCCN2C(=O)c2c(O)c(=O)ccn21. The summed E-state index contributed by atoms with van der Waals surface area (Å²) in [4.78, 5) is 26.4. The molecule has 0 aliphatic carbocycles. The molecule has 1 N–H and O–H groups in total. The third kappa shape index (κ3) is 2.35. The number of hydrogen-bond acceptors (Lipinski definition) is 3. The Kier molecular flexibility index (Phi) is 3.63. The molecular weight excluding hydrogens is 323 g/mol. The summed E-state index contributed by atoms with van der Waals surface area (Å²) in [5.41, 5.74) is 0.309. The zero-order valence-electron chi connectivity index (χ0n) is 13.9. The Morgan fingerprint density at radius 2 is 2.08 bits per heavy atom. The Morgan fingerprint density at radius 3 is 2.84 bits per heavy atom. The molecule has 0 bridgehead atoms. The maximum absolute atomic E-state index is 13.7. The molecule has 0 spiro atoms. The number of pyridine rings is 1. The molecule has 4 rings (SSSR count). The van der Waals surface area contributed by atoms with Crippen LogP contribution in [0.15, 0.2) is 41.3 Å². The maximum atomic E-state index is 13.7. The lowest BCUT2D eigenvalue weighted by Crippen LogP contribution is -2.49. The van der Waals surface area contributed by atoms with Crippen LogP contribution in [0.1, 0.15) is 47.8 Å². The van der Waals surface area contributed by atoms with Gasteiger partial charge in [0.25, 0.3) is 5.91 Å². The van der Waals surface area contributed by atoms with Crippen molar-refractivity contribution in [3.63, 3.8) is 0 Å². The highest BCUT2D eigenvalue weighted by atomic mass is 19.1. The number of halogens is 1. The van der Waals surface area contributed by atoms with Gasteiger partial charge in [-0.3, -0.25) is 9.59 Å². The predicted molar refractivity (Wildman–Crippen MR) is 90.3 cm³/mol. The van der Waals surface area contributed by atoms with Crippen molar-refractivity contribution >= 4 is 5.91 Å². The molecule has 1 aromatic carbocycles. The maximum Gasteiger partial charge on any atom is 0.274 e. The Morgan fingerprint density at radius 1 is 1.28 bits per heavy atom. The van der Waals surface area contributed by atoms with Crippen LogP contribution < -0.4 is 5.43 Å². The molecule has 1 fully saturated rings. The van der Waals surface area contributed by atoms with Crippen LogP contribution in [0.2, 0.25) is 0 Å². The first kappa shape index (κ1) is 15.9. The molecule has 1 aromatic heterocycles. The van der Waals surface area contributed by atoms with Crippen LogP contribution in [-0.4, -0.2) is 33.1 Å². The third-order valence-electron chi connectivity index (χ3n) is 5.47. The Balaban J connectivity index is 1.89. The van der Waals surface area contributed by atoms with Crippen molar-refractivity contribution in [3.8, 4) is 5.75 Å². The van der Waals surface area contributed by atoms with E-state index in [1.807, 2.05) is 13.0 Å². The van der Waals surface area contributed by atoms with E-state index in [1.165, 1.54) is 18.2 Å². The van der Waals surface area contributed by atoms with Gasteiger partial charge in [0, 0.05) is 24.7 Å². The second-order valence-electron chi connectivity index (χ2n) is 6.83. The highest BCUT2D eigenvalue weighted by molar-refractivity contribution is 5.96. The molecule has 25 heavy (non-hydrogen) atoms. The lowest BCUT2D eigenvalue weighted by atomic mass is 9.85. The summed E-state index contributed by atoms with van der Waals surface area (Å²) in [7, 11) is 0. The van der Waals surface area contributed by atoms with E-state index in [-0.39, 0.29) is 35.4 Å². The minimum atomic E-state index is -0.561. The fourth-order valence-corrected chi connectivity index (χ4v) is 4.28. The minimum absolute atomic E-state index is 0.0276. The highest BCUT2D eigenvalue weighted by Gasteiger charge is 2.45. The van der Waals surface area contributed by atoms with Gasteiger partial charge in [-0.05, 0) is 30.5 Å². The van der Waals surface area contributed by atoms with Gasteiger partial charge in [-0.25, -0.2) is 4.39 Å². The summed E-state index contributed by atoms with van der Waals surface area (Å²) in [6.07, 6.45) is 3.30. The first-order chi connectivity index (χ1) is 12.0. The molecule has 0 saturated carbocycles. The van der Waals surface area contributed by atoms with Crippen LogP contribution in [0.3, 0.4) is 0 Å². The molecule has 2 aromatic rings. The van der Waals surface area contributed by atoms with Crippen LogP contribution in [0.4, 0.5) is 4.39 Å². The van der Waals surface area contributed by atoms with Crippen molar-refractivity contribution in [2.45, 2.75) is 37.8 Å². The van der Waals surface area contributed by atoms with Gasteiger partial charge < -0.3 is 14.6 Å².